The highest BCUT2D eigenvalue weighted by Crippen LogP contribution is 2.38. The third-order valence-electron chi connectivity index (χ3n) is 5.03. The fourth-order valence-electron chi connectivity index (χ4n) is 3.58. The first kappa shape index (κ1) is 22.5. The van der Waals surface area contributed by atoms with E-state index in [-0.39, 0.29) is 6.61 Å². The number of tetrazole rings is 1. The molecule has 2 aromatic carbocycles. The van der Waals surface area contributed by atoms with Gasteiger partial charge in [0.05, 0.1) is 12.2 Å². The minimum Gasteiger partial charge on any atom is -0.463 e. The molecule has 3 heterocycles. The molecule has 4 aromatic rings. The van der Waals surface area contributed by atoms with E-state index in [2.05, 4.69) is 31.0 Å². The van der Waals surface area contributed by atoms with Crippen LogP contribution in [0.4, 0.5) is 5.95 Å². The SMILES string of the molecule is CCOC(=O)C1=C(CSc2nnc(-c3ccccc3)s2)Nc2nnnn2C1c1cccc(Cl)c1. The van der Waals surface area contributed by atoms with E-state index in [1.807, 2.05) is 42.5 Å². The van der Waals surface area contributed by atoms with Crippen LogP contribution in [0.2, 0.25) is 5.02 Å². The summed E-state index contributed by atoms with van der Waals surface area (Å²) in [6.45, 7) is 2.01. The molecule has 5 rings (SSSR count). The van der Waals surface area contributed by atoms with Crippen molar-refractivity contribution in [3.05, 3.63) is 76.5 Å². The van der Waals surface area contributed by atoms with Crippen molar-refractivity contribution in [2.75, 3.05) is 17.7 Å². The minimum atomic E-state index is -0.589. The molecule has 0 saturated carbocycles. The Bertz CT molecular complexity index is 1360. The number of carbonyl (C=O) groups is 1. The lowest BCUT2D eigenvalue weighted by molar-refractivity contribution is -0.139. The minimum absolute atomic E-state index is 0.240. The van der Waals surface area contributed by atoms with Crippen molar-refractivity contribution in [1.82, 2.24) is 30.4 Å². The van der Waals surface area contributed by atoms with Gasteiger partial charge < -0.3 is 10.1 Å². The normalized spacial score (nSPS) is 15.1. The Hall–Kier alpha value is -3.28. The van der Waals surface area contributed by atoms with Gasteiger partial charge in [-0.2, -0.15) is 4.68 Å². The second kappa shape index (κ2) is 9.92. The van der Waals surface area contributed by atoms with Crippen molar-refractivity contribution >= 4 is 46.6 Å². The van der Waals surface area contributed by atoms with Crippen LogP contribution in [0.5, 0.6) is 0 Å². The van der Waals surface area contributed by atoms with Crippen molar-refractivity contribution in [3.63, 3.8) is 0 Å². The number of thioether (sulfide) groups is 1. The Kier molecular flexibility index (Phi) is 6.57. The lowest BCUT2D eigenvalue weighted by Crippen LogP contribution is -2.31. The van der Waals surface area contributed by atoms with E-state index < -0.39 is 12.0 Å². The Morgan fingerprint density at radius 3 is 2.82 bits per heavy atom. The zero-order valence-electron chi connectivity index (χ0n) is 17.9. The third kappa shape index (κ3) is 4.54. The predicted molar refractivity (Wildman–Crippen MR) is 131 cm³/mol. The van der Waals surface area contributed by atoms with Gasteiger partial charge in [-0.3, -0.25) is 0 Å². The van der Waals surface area contributed by atoms with Crippen LogP contribution in [0.25, 0.3) is 10.6 Å². The Morgan fingerprint density at radius 2 is 2.03 bits per heavy atom. The highest BCUT2D eigenvalue weighted by Gasteiger charge is 2.36. The number of carbonyl (C=O) groups excluding carboxylic acids is 1. The van der Waals surface area contributed by atoms with E-state index in [4.69, 9.17) is 16.3 Å². The lowest BCUT2D eigenvalue weighted by atomic mass is 9.96. The highest BCUT2D eigenvalue weighted by atomic mass is 35.5. The molecule has 0 fully saturated rings. The number of fused-ring (bicyclic) bond motifs is 1. The average molecular weight is 512 g/mol. The monoisotopic (exact) mass is 511 g/mol. The van der Waals surface area contributed by atoms with Crippen LogP contribution in [-0.4, -0.2) is 48.7 Å². The number of ether oxygens (including phenoxy) is 1. The first-order valence-corrected chi connectivity index (χ1v) is 12.5. The molecular formula is C22H18ClN7O2S2. The number of hydrogen-bond donors (Lipinski definition) is 1. The summed E-state index contributed by atoms with van der Waals surface area (Å²) < 4.78 is 7.75. The van der Waals surface area contributed by atoms with Crippen LogP contribution in [0.1, 0.15) is 18.5 Å². The molecule has 172 valence electrons. The number of halogens is 1. The smallest absolute Gasteiger partial charge is 0.338 e. The highest BCUT2D eigenvalue weighted by molar-refractivity contribution is 8.01. The molecule has 0 aliphatic carbocycles. The molecule has 0 radical (unpaired) electrons. The van der Waals surface area contributed by atoms with Gasteiger partial charge in [-0.1, -0.05) is 82.3 Å². The van der Waals surface area contributed by atoms with Crippen LogP contribution >= 0.6 is 34.7 Å². The van der Waals surface area contributed by atoms with E-state index in [0.29, 0.717) is 28.0 Å². The van der Waals surface area contributed by atoms with Gasteiger partial charge in [-0.15, -0.1) is 10.2 Å². The van der Waals surface area contributed by atoms with Crippen molar-refractivity contribution < 1.29 is 9.53 Å². The van der Waals surface area contributed by atoms with Gasteiger partial charge in [0, 0.05) is 22.0 Å². The fourth-order valence-corrected chi connectivity index (χ4v) is 5.61. The summed E-state index contributed by atoms with van der Waals surface area (Å²) in [5, 5.41) is 25.2. The third-order valence-corrected chi connectivity index (χ3v) is 7.39. The largest absolute Gasteiger partial charge is 0.463 e. The maximum absolute atomic E-state index is 13.1. The number of nitrogens with zero attached hydrogens (tertiary/aromatic N) is 6. The molecule has 0 spiro atoms. The zero-order valence-corrected chi connectivity index (χ0v) is 20.3. The zero-order chi connectivity index (χ0) is 23.5. The molecule has 9 nitrogen and oxygen atoms in total. The first-order valence-electron chi connectivity index (χ1n) is 10.4. The molecule has 34 heavy (non-hydrogen) atoms. The number of aromatic nitrogens is 6. The van der Waals surface area contributed by atoms with Gasteiger partial charge in [0.1, 0.15) is 11.0 Å². The molecule has 1 unspecified atom stereocenters. The molecule has 12 heteroatoms. The van der Waals surface area contributed by atoms with Gasteiger partial charge in [0.25, 0.3) is 0 Å². The summed E-state index contributed by atoms with van der Waals surface area (Å²) in [6, 6.07) is 16.6. The van der Waals surface area contributed by atoms with E-state index in [0.717, 1.165) is 20.5 Å². The molecule has 1 aliphatic heterocycles. The number of rotatable bonds is 7. The summed E-state index contributed by atoms with van der Waals surface area (Å²) in [5.41, 5.74) is 2.85. The van der Waals surface area contributed by atoms with Crippen molar-refractivity contribution in [2.45, 2.75) is 17.3 Å². The molecule has 0 saturated heterocycles. The molecule has 0 bridgehead atoms. The van der Waals surface area contributed by atoms with Gasteiger partial charge in [0.2, 0.25) is 5.95 Å². The number of anilines is 1. The maximum Gasteiger partial charge on any atom is 0.338 e. The molecule has 1 N–H and O–H groups in total. The molecule has 0 amide bonds. The van der Waals surface area contributed by atoms with E-state index in [9.17, 15) is 4.79 Å². The van der Waals surface area contributed by atoms with Crippen LogP contribution in [-0.2, 0) is 9.53 Å². The average Bonchev–Trinajstić information content (AvgIpc) is 3.52. The number of benzene rings is 2. The molecule has 1 aliphatic rings. The number of nitrogens with one attached hydrogen (secondary N) is 1. The van der Waals surface area contributed by atoms with Crippen LogP contribution in [0.15, 0.2) is 70.2 Å². The summed E-state index contributed by atoms with van der Waals surface area (Å²) in [4.78, 5) is 13.1. The van der Waals surface area contributed by atoms with E-state index in [1.54, 1.807) is 23.7 Å². The molecular weight excluding hydrogens is 494 g/mol. The Labute approximate surface area is 208 Å². The van der Waals surface area contributed by atoms with Gasteiger partial charge in [-0.05, 0) is 35.0 Å². The van der Waals surface area contributed by atoms with E-state index in [1.165, 1.54) is 23.1 Å². The lowest BCUT2D eigenvalue weighted by Gasteiger charge is -2.28. The quantitative estimate of drug-likeness (QED) is 0.284. The van der Waals surface area contributed by atoms with Crippen molar-refractivity contribution in [2.24, 2.45) is 0 Å². The summed E-state index contributed by atoms with van der Waals surface area (Å²) >= 11 is 9.22. The first-order chi connectivity index (χ1) is 16.6. The number of esters is 1. The van der Waals surface area contributed by atoms with Crippen LogP contribution < -0.4 is 5.32 Å². The number of hydrogen-bond acceptors (Lipinski definition) is 10. The standard InChI is InChI=1S/C22H18ClN7O2S2/c1-2-32-20(31)17-16(12-33-22-27-25-19(34-22)13-7-4-3-5-8-13)24-21-26-28-29-30(21)18(17)14-9-6-10-15(23)11-14/h3-11,18H,2,12H2,1H3,(H,24,26,29). The van der Waals surface area contributed by atoms with Crippen molar-refractivity contribution in [1.29, 1.82) is 0 Å². The van der Waals surface area contributed by atoms with Crippen LogP contribution in [0, 0.1) is 0 Å². The van der Waals surface area contributed by atoms with Gasteiger partial charge in [0.15, 0.2) is 4.34 Å². The topological polar surface area (TPSA) is 108 Å². The Balaban J connectivity index is 1.50. The molecule has 2 aromatic heterocycles. The second-order valence-electron chi connectivity index (χ2n) is 7.17. The predicted octanol–water partition coefficient (Wildman–Crippen LogP) is 4.47. The van der Waals surface area contributed by atoms with Crippen LogP contribution in [0.3, 0.4) is 0 Å². The van der Waals surface area contributed by atoms with Crippen molar-refractivity contribution in [3.8, 4) is 10.6 Å². The fraction of sp³-hybridized carbons (Fsp3) is 0.182. The van der Waals surface area contributed by atoms with Gasteiger partial charge >= 0.3 is 5.97 Å². The molecule has 1 atom stereocenters. The van der Waals surface area contributed by atoms with E-state index >= 15 is 0 Å². The maximum atomic E-state index is 13.1. The van der Waals surface area contributed by atoms with Gasteiger partial charge in [-0.25, -0.2) is 4.79 Å². The second-order valence-corrected chi connectivity index (χ2v) is 9.81. The summed E-state index contributed by atoms with van der Waals surface area (Å²) in [7, 11) is 0. The summed E-state index contributed by atoms with van der Waals surface area (Å²) in [6.07, 6.45) is 0. The summed E-state index contributed by atoms with van der Waals surface area (Å²) in [5.74, 6) is 0.399. The Morgan fingerprint density at radius 1 is 1.18 bits per heavy atom.